The van der Waals surface area contributed by atoms with Crippen LogP contribution in [0.25, 0.3) is 0 Å². The van der Waals surface area contributed by atoms with E-state index in [9.17, 15) is 69.0 Å². The van der Waals surface area contributed by atoms with E-state index in [0.29, 0.717) is 25.7 Å². The Hall–Kier alpha value is -5.38. The number of phenolic OH excluding ortho intramolecular Hbond substituents is 2. The van der Waals surface area contributed by atoms with Crippen LogP contribution in [0.1, 0.15) is 112 Å². The van der Waals surface area contributed by atoms with E-state index in [2.05, 4.69) is 37.2 Å². The van der Waals surface area contributed by atoms with Crippen molar-refractivity contribution < 1.29 is 69.0 Å². The fourth-order valence-corrected chi connectivity index (χ4v) is 7.82. The molecule has 372 valence electrons. The second-order valence-electron chi connectivity index (χ2n) is 18.0. The predicted octanol–water partition coefficient (Wildman–Crippen LogP) is -1.03. The maximum atomic E-state index is 14.1. The zero-order valence-electron chi connectivity index (χ0n) is 39.6. The predicted molar refractivity (Wildman–Crippen MR) is 240 cm³/mol. The number of carbonyl (C=O) groups excluding carboxylic acids is 8. The van der Waals surface area contributed by atoms with E-state index in [0.717, 1.165) is 12.1 Å². The first-order valence-corrected chi connectivity index (χ1v) is 22.6. The molecule has 0 aromatic heterocycles. The summed E-state index contributed by atoms with van der Waals surface area (Å²) in [5.41, 5.74) is -0.0171. The summed E-state index contributed by atoms with van der Waals surface area (Å²) >= 11 is 0. The van der Waals surface area contributed by atoms with Crippen molar-refractivity contribution in [3.63, 3.8) is 0 Å². The van der Waals surface area contributed by atoms with Gasteiger partial charge in [-0.2, -0.15) is 0 Å². The Balaban J connectivity index is 2.24. The molecule has 0 saturated carbocycles. The Morgan fingerprint density at radius 1 is 0.803 bits per heavy atom. The molecule has 1 aliphatic heterocycles. The van der Waals surface area contributed by atoms with Gasteiger partial charge in [0.2, 0.25) is 41.4 Å². The topological polar surface area (TPSA) is 342 Å². The molecule has 0 radical (unpaired) electrons. The number of rotatable bonds is 21. The van der Waals surface area contributed by atoms with Gasteiger partial charge in [-0.25, -0.2) is 0 Å². The summed E-state index contributed by atoms with van der Waals surface area (Å²) in [7, 11) is 0. The maximum Gasteiger partial charge on any atom is 0.247 e. The van der Waals surface area contributed by atoms with E-state index in [1.807, 2.05) is 6.92 Å². The number of phenols is 2. The molecule has 1 aliphatic rings. The van der Waals surface area contributed by atoms with Crippen LogP contribution >= 0.6 is 0 Å². The van der Waals surface area contributed by atoms with Crippen LogP contribution in [0.2, 0.25) is 0 Å². The standard InChI is InChI=1S/C45H73N7O14/c1-11-21(4)36-42(63)46-18-35(60)47-25(8)37(43(64)52-39(45(66)50-36)28-15-32(57)24(7)33(58)16-28)51-41(62)26(9)48-44(65)38(27(10)54)49-34(59)17-31(56)22(5)13-20(3)14-23(6)40(61)29(19-53)30(55)12-2/h15-16,20-23,25-27,29-30,36-40,53-55,57-58,61H,11-14,17-19H2,1-10H3,(H,46,63)(H,47,60)(H,48,65)(H,49,59)(H,50,66)(H,51,62)(H,52,64)/t20-,21+,22+,23-,25-,26+,27-,29+,30+,36+,37-,38-,39+,40+/m1/s1. The van der Waals surface area contributed by atoms with Gasteiger partial charge in [-0.05, 0) is 82.4 Å². The minimum atomic E-state index is -1.67. The van der Waals surface area contributed by atoms with Crippen LogP contribution in [0.3, 0.4) is 0 Å². The molecule has 0 spiro atoms. The Morgan fingerprint density at radius 3 is 1.95 bits per heavy atom. The van der Waals surface area contributed by atoms with Gasteiger partial charge in [0, 0.05) is 17.4 Å². The highest BCUT2D eigenvalue weighted by Gasteiger charge is 2.38. The van der Waals surface area contributed by atoms with Crippen molar-refractivity contribution in [1.82, 2.24) is 37.2 Å². The molecule has 7 amide bonds. The molecule has 66 heavy (non-hydrogen) atoms. The molecule has 1 fully saturated rings. The van der Waals surface area contributed by atoms with E-state index < -0.39 is 151 Å². The quantitative estimate of drug-likeness (QED) is 0.0657. The minimum Gasteiger partial charge on any atom is -0.508 e. The number of aliphatic hydroxyl groups is 4. The van der Waals surface area contributed by atoms with Gasteiger partial charge in [-0.3, -0.25) is 38.4 Å². The van der Waals surface area contributed by atoms with Crippen molar-refractivity contribution in [2.24, 2.45) is 29.6 Å². The third kappa shape index (κ3) is 16.2. The SMILES string of the molecule is CC[C@H](C)[C@@H]1NC(=O)[C@H](c2cc(O)c(C)c(O)c2)NC(=O)[C@H](NC(=O)[C@H](C)NC(=O)[C@H](NC(=O)CC(=O)[C@@H](C)C[C@@H](C)C[C@@H](C)[C@H](O)[C@@H](CO)[C@@H](O)CC)[C@@H](C)O)[C@@H](C)NC(=O)CNC1=O. The molecule has 0 unspecified atom stereocenters. The molecule has 1 aromatic carbocycles. The molecule has 13 N–H and O–H groups in total. The van der Waals surface area contributed by atoms with Crippen molar-refractivity contribution in [1.29, 1.82) is 0 Å². The molecule has 2 rings (SSSR count). The zero-order valence-corrected chi connectivity index (χ0v) is 39.6. The molecule has 1 heterocycles. The lowest BCUT2D eigenvalue weighted by atomic mass is 9.80. The van der Waals surface area contributed by atoms with Crippen molar-refractivity contribution in [2.75, 3.05) is 13.2 Å². The highest BCUT2D eigenvalue weighted by atomic mass is 16.3. The molecule has 14 atom stereocenters. The van der Waals surface area contributed by atoms with Gasteiger partial charge in [0.25, 0.3) is 0 Å². The number of hydrogen-bond acceptors (Lipinski definition) is 14. The summed E-state index contributed by atoms with van der Waals surface area (Å²) in [6, 6.07) is -6.57. The van der Waals surface area contributed by atoms with Crippen LogP contribution in [-0.2, 0) is 38.4 Å². The number of nitrogens with one attached hydrogen (secondary N) is 7. The van der Waals surface area contributed by atoms with E-state index in [1.165, 1.54) is 27.7 Å². The van der Waals surface area contributed by atoms with Crippen LogP contribution in [0.15, 0.2) is 12.1 Å². The Morgan fingerprint density at radius 2 is 1.41 bits per heavy atom. The summed E-state index contributed by atoms with van der Waals surface area (Å²) in [5.74, 6) is -9.81. The molecule has 1 aromatic rings. The van der Waals surface area contributed by atoms with Gasteiger partial charge in [0.05, 0.1) is 43.9 Å². The van der Waals surface area contributed by atoms with Crippen LogP contribution in [0, 0.1) is 36.5 Å². The average Bonchev–Trinajstić information content (AvgIpc) is 3.25. The number of amides is 7. The maximum absolute atomic E-state index is 14.1. The highest BCUT2D eigenvalue weighted by molar-refractivity contribution is 6.01. The summed E-state index contributed by atoms with van der Waals surface area (Å²) in [4.78, 5) is 107. The van der Waals surface area contributed by atoms with Crippen molar-refractivity contribution in [2.45, 2.75) is 156 Å². The van der Waals surface area contributed by atoms with Gasteiger partial charge >= 0.3 is 0 Å². The smallest absolute Gasteiger partial charge is 0.247 e. The van der Waals surface area contributed by atoms with Gasteiger partial charge in [-0.15, -0.1) is 0 Å². The van der Waals surface area contributed by atoms with Gasteiger partial charge in [-0.1, -0.05) is 48.0 Å². The zero-order chi connectivity index (χ0) is 50.3. The van der Waals surface area contributed by atoms with Gasteiger partial charge < -0.3 is 67.9 Å². The lowest BCUT2D eigenvalue weighted by molar-refractivity contribution is -0.137. The Kier molecular flexibility index (Phi) is 22.4. The fourth-order valence-electron chi connectivity index (χ4n) is 7.82. The van der Waals surface area contributed by atoms with E-state index >= 15 is 0 Å². The summed E-state index contributed by atoms with van der Waals surface area (Å²) in [5, 5.41) is 79.3. The number of benzene rings is 1. The second-order valence-corrected chi connectivity index (χ2v) is 18.0. The second kappa shape index (κ2) is 26.1. The van der Waals surface area contributed by atoms with Crippen molar-refractivity contribution >= 4 is 47.1 Å². The van der Waals surface area contributed by atoms with Gasteiger partial charge in [0.15, 0.2) is 0 Å². The fraction of sp³-hybridized carbons (Fsp3) is 0.689. The summed E-state index contributed by atoms with van der Waals surface area (Å²) in [6.07, 6.45) is -2.42. The molecular formula is C45H73N7O14. The van der Waals surface area contributed by atoms with E-state index in [1.54, 1.807) is 34.6 Å². The molecular weight excluding hydrogens is 863 g/mol. The van der Waals surface area contributed by atoms with E-state index in [-0.39, 0.29) is 23.0 Å². The lowest BCUT2D eigenvalue weighted by Crippen LogP contribution is -2.62. The molecule has 1 saturated heterocycles. The first kappa shape index (κ1) is 56.7. The monoisotopic (exact) mass is 936 g/mol. The van der Waals surface area contributed by atoms with Gasteiger partial charge in [0.1, 0.15) is 47.5 Å². The summed E-state index contributed by atoms with van der Waals surface area (Å²) < 4.78 is 0. The summed E-state index contributed by atoms with van der Waals surface area (Å²) in [6.45, 7) is 14.7. The Labute approximate surface area is 386 Å². The largest absolute Gasteiger partial charge is 0.508 e. The normalized spacial score (nSPS) is 23.1. The highest BCUT2D eigenvalue weighted by Crippen LogP contribution is 2.31. The number of ketones is 1. The van der Waals surface area contributed by atoms with Crippen LogP contribution in [0.4, 0.5) is 0 Å². The van der Waals surface area contributed by atoms with Crippen LogP contribution in [0.5, 0.6) is 11.5 Å². The molecule has 0 bridgehead atoms. The number of hydrogen-bond donors (Lipinski definition) is 13. The number of carbonyl (C=O) groups is 8. The third-order valence-electron chi connectivity index (χ3n) is 12.3. The van der Waals surface area contributed by atoms with E-state index in [4.69, 9.17) is 0 Å². The first-order valence-electron chi connectivity index (χ1n) is 22.6. The third-order valence-corrected chi connectivity index (χ3v) is 12.3. The number of Topliss-reactive ketones (excluding diaryl/α,β-unsaturated/α-hetero) is 1. The Bertz CT molecular complexity index is 1860. The molecule has 0 aliphatic carbocycles. The van der Waals surface area contributed by atoms with Crippen LogP contribution in [-0.4, -0.2) is 139 Å². The molecule has 21 nitrogen and oxygen atoms in total. The lowest BCUT2D eigenvalue weighted by Gasteiger charge is -2.31. The number of aliphatic hydroxyl groups excluding tert-OH is 4. The van der Waals surface area contributed by atoms with Crippen LogP contribution < -0.4 is 37.2 Å². The number of aromatic hydroxyl groups is 2. The minimum absolute atomic E-state index is 0.0780. The van der Waals surface area contributed by atoms with Crippen molar-refractivity contribution in [3.8, 4) is 11.5 Å². The van der Waals surface area contributed by atoms with Crippen molar-refractivity contribution in [3.05, 3.63) is 23.3 Å². The average molecular weight is 936 g/mol. The first-order chi connectivity index (χ1) is 30.8. The molecule has 21 heteroatoms.